The zero-order chi connectivity index (χ0) is 37.4. The highest BCUT2D eigenvalue weighted by Crippen LogP contribution is 2.44. The summed E-state index contributed by atoms with van der Waals surface area (Å²) in [6.45, 7) is 11.7. The van der Waals surface area contributed by atoms with Gasteiger partial charge in [-0.3, -0.25) is 4.55 Å². The molecule has 2 atom stereocenters. The van der Waals surface area contributed by atoms with Gasteiger partial charge in [-0.25, -0.2) is 4.18 Å². The fraction of sp³-hybridized carbons (Fsp3) is 1.00. The molecule has 304 valence electrons. The van der Waals surface area contributed by atoms with E-state index < -0.39 is 10.4 Å². The molecule has 1 N–H and O–H groups in total. The monoisotopic (exact) mass is 749 g/mol. The molecule has 0 fully saturated rings. The lowest BCUT2D eigenvalue weighted by molar-refractivity contribution is 0.261. The van der Waals surface area contributed by atoms with Crippen LogP contribution in [-0.4, -0.2) is 24.7 Å². The molecule has 0 spiro atoms. The van der Waals surface area contributed by atoms with Crippen molar-refractivity contribution in [3.05, 3.63) is 0 Å². The number of hydrogen-bond acceptors (Lipinski definition) is 3. The lowest BCUT2D eigenvalue weighted by Crippen LogP contribution is -2.32. The number of rotatable bonds is 39. The van der Waals surface area contributed by atoms with E-state index in [1.165, 1.54) is 212 Å². The van der Waals surface area contributed by atoms with Crippen molar-refractivity contribution in [1.29, 1.82) is 0 Å². The molecular formula is C44H93O4PS. The summed E-state index contributed by atoms with van der Waals surface area (Å²) in [4.78, 5) is 0. The van der Waals surface area contributed by atoms with Gasteiger partial charge < -0.3 is 0 Å². The SMILES string of the molecule is CCCCCCCCCCCCC(CCCCCC)C(P)(CCCCCC)CCCCCC.CCCCCCCCCCCCOS(=O)(=O)O. The molecule has 0 rings (SSSR count). The van der Waals surface area contributed by atoms with Crippen LogP contribution in [0.15, 0.2) is 0 Å². The topological polar surface area (TPSA) is 63.6 Å². The van der Waals surface area contributed by atoms with Crippen LogP contribution in [0, 0.1) is 5.92 Å². The maximum absolute atomic E-state index is 10.2. The van der Waals surface area contributed by atoms with Crippen LogP contribution in [0.25, 0.3) is 0 Å². The lowest BCUT2D eigenvalue weighted by Gasteiger charge is -2.39. The summed E-state index contributed by atoms with van der Waals surface area (Å²) in [5, 5.41) is 0.521. The lowest BCUT2D eigenvalue weighted by atomic mass is 9.77. The molecule has 0 saturated heterocycles. The molecular weight excluding hydrogens is 656 g/mol. The molecule has 0 aliphatic heterocycles. The first-order valence-corrected chi connectivity index (χ1v) is 24.6. The van der Waals surface area contributed by atoms with E-state index in [2.05, 4.69) is 48.0 Å². The zero-order valence-corrected chi connectivity index (χ0v) is 36.9. The van der Waals surface area contributed by atoms with Gasteiger partial charge >= 0.3 is 10.4 Å². The number of unbranched alkanes of at least 4 members (excludes halogenated alkanes) is 27. The molecule has 0 saturated carbocycles. The Morgan fingerprint density at radius 1 is 0.440 bits per heavy atom. The van der Waals surface area contributed by atoms with Crippen molar-refractivity contribution in [2.45, 2.75) is 271 Å². The van der Waals surface area contributed by atoms with E-state index in [0.717, 1.165) is 18.8 Å². The highest BCUT2D eigenvalue weighted by atomic mass is 32.3. The van der Waals surface area contributed by atoms with Crippen LogP contribution in [0.2, 0.25) is 0 Å². The maximum Gasteiger partial charge on any atom is 0.397 e. The highest BCUT2D eigenvalue weighted by Gasteiger charge is 2.32. The van der Waals surface area contributed by atoms with E-state index in [4.69, 9.17) is 4.55 Å². The number of hydrogen-bond donors (Lipinski definition) is 1. The summed E-state index contributed by atoms with van der Waals surface area (Å²) in [7, 11) is -0.749. The quantitative estimate of drug-likeness (QED) is 0.0386. The summed E-state index contributed by atoms with van der Waals surface area (Å²) >= 11 is 0. The molecule has 2 unspecified atom stereocenters. The minimum atomic E-state index is -4.23. The van der Waals surface area contributed by atoms with E-state index in [9.17, 15) is 8.42 Å². The Morgan fingerprint density at radius 2 is 0.700 bits per heavy atom. The van der Waals surface area contributed by atoms with Crippen molar-refractivity contribution in [3.8, 4) is 0 Å². The van der Waals surface area contributed by atoms with Gasteiger partial charge in [-0.15, -0.1) is 9.24 Å². The van der Waals surface area contributed by atoms with Crippen molar-refractivity contribution in [1.82, 2.24) is 0 Å². The first kappa shape index (κ1) is 52.4. The Bertz CT molecular complexity index is 732. The third-order valence-corrected chi connectivity index (χ3v) is 12.4. The van der Waals surface area contributed by atoms with Gasteiger partial charge in [0, 0.05) is 0 Å². The van der Waals surface area contributed by atoms with E-state index >= 15 is 0 Å². The summed E-state index contributed by atoms with van der Waals surface area (Å²) in [5.41, 5.74) is 0. The van der Waals surface area contributed by atoms with Gasteiger partial charge in [-0.2, -0.15) is 8.42 Å². The molecule has 0 aromatic rings. The van der Waals surface area contributed by atoms with Crippen molar-refractivity contribution in [3.63, 3.8) is 0 Å². The Hall–Kier alpha value is 0.300. The molecule has 6 heteroatoms. The summed E-state index contributed by atoms with van der Waals surface area (Å²) in [6.07, 6.45) is 49.5. The second-order valence-electron chi connectivity index (χ2n) is 15.8. The predicted molar refractivity (Wildman–Crippen MR) is 228 cm³/mol. The zero-order valence-electron chi connectivity index (χ0n) is 34.9. The van der Waals surface area contributed by atoms with Gasteiger partial charge in [-0.1, -0.05) is 234 Å². The Morgan fingerprint density at radius 3 is 1.02 bits per heavy atom. The normalized spacial score (nSPS) is 12.6. The molecule has 0 amide bonds. The van der Waals surface area contributed by atoms with E-state index in [1.807, 2.05) is 0 Å². The molecule has 0 heterocycles. The molecule has 0 radical (unpaired) electrons. The Labute approximate surface area is 319 Å². The second-order valence-corrected chi connectivity index (χ2v) is 18.0. The molecule has 0 aromatic heterocycles. The largest absolute Gasteiger partial charge is 0.397 e. The van der Waals surface area contributed by atoms with Gasteiger partial charge in [-0.05, 0) is 43.2 Å². The minimum Gasteiger partial charge on any atom is -0.264 e. The van der Waals surface area contributed by atoms with Gasteiger partial charge in [0.1, 0.15) is 0 Å². The van der Waals surface area contributed by atoms with Crippen LogP contribution in [0.3, 0.4) is 0 Å². The fourth-order valence-corrected chi connectivity index (χ4v) is 8.53. The van der Waals surface area contributed by atoms with Crippen LogP contribution < -0.4 is 0 Å². The summed E-state index contributed by atoms with van der Waals surface area (Å²) in [6, 6.07) is 0. The van der Waals surface area contributed by atoms with E-state index in [-0.39, 0.29) is 6.61 Å². The van der Waals surface area contributed by atoms with E-state index in [0.29, 0.717) is 11.6 Å². The van der Waals surface area contributed by atoms with E-state index in [1.54, 1.807) is 0 Å². The maximum atomic E-state index is 10.2. The molecule has 0 aliphatic rings. The summed E-state index contributed by atoms with van der Waals surface area (Å²) < 4.78 is 33.0. The summed E-state index contributed by atoms with van der Waals surface area (Å²) in [5.74, 6) is 0.941. The van der Waals surface area contributed by atoms with Crippen LogP contribution in [0.5, 0.6) is 0 Å². The molecule has 50 heavy (non-hydrogen) atoms. The van der Waals surface area contributed by atoms with Gasteiger partial charge in [0.2, 0.25) is 0 Å². The van der Waals surface area contributed by atoms with Crippen LogP contribution in [0.4, 0.5) is 0 Å². The Kier molecular flexibility index (Phi) is 42.4. The third-order valence-electron chi connectivity index (χ3n) is 10.8. The van der Waals surface area contributed by atoms with Gasteiger partial charge in [0.05, 0.1) is 6.61 Å². The van der Waals surface area contributed by atoms with Crippen molar-refractivity contribution in [2.75, 3.05) is 6.61 Å². The van der Waals surface area contributed by atoms with Crippen molar-refractivity contribution < 1.29 is 17.2 Å². The first-order valence-electron chi connectivity index (χ1n) is 22.6. The molecule has 0 aliphatic carbocycles. The van der Waals surface area contributed by atoms with Crippen LogP contribution in [-0.2, 0) is 14.6 Å². The molecule has 0 bridgehead atoms. The average molecular weight is 749 g/mol. The predicted octanol–water partition coefficient (Wildman–Crippen LogP) is 16.2. The first-order chi connectivity index (χ1) is 24.2. The van der Waals surface area contributed by atoms with Crippen LogP contribution >= 0.6 is 9.24 Å². The van der Waals surface area contributed by atoms with Crippen molar-refractivity contribution in [2.24, 2.45) is 5.92 Å². The van der Waals surface area contributed by atoms with Crippen LogP contribution in [0.1, 0.15) is 266 Å². The van der Waals surface area contributed by atoms with Gasteiger partial charge in [0.15, 0.2) is 0 Å². The smallest absolute Gasteiger partial charge is 0.264 e. The molecule has 4 nitrogen and oxygen atoms in total. The molecule has 0 aromatic carbocycles. The minimum absolute atomic E-state index is 0.0926. The Balaban J connectivity index is 0. The highest BCUT2D eigenvalue weighted by molar-refractivity contribution is 7.80. The average Bonchev–Trinajstić information content (AvgIpc) is 3.09. The fourth-order valence-electron chi connectivity index (χ4n) is 7.46. The van der Waals surface area contributed by atoms with Crippen molar-refractivity contribution >= 4 is 19.6 Å². The third kappa shape index (κ3) is 39.5. The second kappa shape index (κ2) is 40.5. The van der Waals surface area contributed by atoms with Gasteiger partial charge in [0.25, 0.3) is 0 Å². The standard InChI is InChI=1S/C32H67P.C12H26O4S/c1-5-9-13-17-18-19-20-21-22-24-28-31(27-23-14-10-6-2)32(33,29-25-15-11-7-3)30-26-16-12-8-4;1-2-3-4-5-6-7-8-9-10-11-12-16-17(13,14)15/h31H,5-30,33H2,1-4H3;2-12H2,1H3,(H,13,14,15).